The van der Waals surface area contributed by atoms with E-state index in [2.05, 4.69) is 25.3 Å². The Hall–Kier alpha value is -3.94. The summed E-state index contributed by atoms with van der Waals surface area (Å²) in [5, 5.41) is 4.00. The third-order valence-corrected chi connectivity index (χ3v) is 4.66. The van der Waals surface area contributed by atoms with E-state index < -0.39 is 6.04 Å². The molecule has 8 nitrogen and oxygen atoms in total. The predicted molar refractivity (Wildman–Crippen MR) is 112 cm³/mol. The molecule has 0 radical (unpaired) electrons. The smallest absolute Gasteiger partial charge is 0.258 e. The van der Waals surface area contributed by atoms with Crippen LogP contribution in [-0.2, 0) is 11.2 Å². The lowest BCUT2D eigenvalue weighted by Crippen LogP contribution is -2.35. The SMILES string of the molecule is Cc1nc([C@H](Cc2c[nH]c3ccccc23)NC(=O)COc2ccccn2)cc(=O)[nH]1. The van der Waals surface area contributed by atoms with Crippen LogP contribution in [0.15, 0.2) is 65.7 Å². The standard InChI is InChI=1S/C22H21N5O3/c1-14-25-19(11-20(28)26-14)18(10-15-12-24-17-7-3-2-6-16(15)17)27-21(29)13-30-22-8-4-5-9-23-22/h2-9,11-12,18,24H,10,13H2,1H3,(H,27,29)(H,25,26,28)/t18-/m0/s1. The Labute approximate surface area is 172 Å². The molecule has 1 aromatic carbocycles. The number of fused-ring (bicyclic) bond motifs is 1. The summed E-state index contributed by atoms with van der Waals surface area (Å²) < 4.78 is 5.44. The summed E-state index contributed by atoms with van der Waals surface area (Å²) in [4.78, 5) is 38.9. The lowest BCUT2D eigenvalue weighted by Gasteiger charge is -2.18. The highest BCUT2D eigenvalue weighted by Crippen LogP contribution is 2.23. The number of para-hydroxylation sites is 1. The molecule has 0 aliphatic heterocycles. The number of pyridine rings is 1. The maximum Gasteiger partial charge on any atom is 0.258 e. The van der Waals surface area contributed by atoms with Gasteiger partial charge >= 0.3 is 0 Å². The van der Waals surface area contributed by atoms with Gasteiger partial charge in [0.15, 0.2) is 6.61 Å². The summed E-state index contributed by atoms with van der Waals surface area (Å²) in [7, 11) is 0. The van der Waals surface area contributed by atoms with E-state index >= 15 is 0 Å². The molecular weight excluding hydrogens is 382 g/mol. The van der Waals surface area contributed by atoms with Crippen molar-refractivity contribution < 1.29 is 9.53 Å². The zero-order valence-corrected chi connectivity index (χ0v) is 16.4. The van der Waals surface area contributed by atoms with Crippen molar-refractivity contribution in [3.8, 4) is 5.88 Å². The number of carbonyl (C=O) groups is 1. The summed E-state index contributed by atoms with van der Waals surface area (Å²) in [6.07, 6.45) is 3.97. The number of amides is 1. The third kappa shape index (κ3) is 4.54. The summed E-state index contributed by atoms with van der Waals surface area (Å²) >= 11 is 0. The van der Waals surface area contributed by atoms with Crippen LogP contribution < -0.4 is 15.6 Å². The normalized spacial score (nSPS) is 11.9. The quantitative estimate of drug-likeness (QED) is 0.439. The number of aryl methyl sites for hydroxylation is 1. The van der Waals surface area contributed by atoms with Crippen LogP contribution in [0.3, 0.4) is 0 Å². The number of aromatic nitrogens is 4. The van der Waals surface area contributed by atoms with E-state index in [1.54, 1.807) is 31.3 Å². The van der Waals surface area contributed by atoms with E-state index in [1.165, 1.54) is 6.07 Å². The van der Waals surface area contributed by atoms with Crippen LogP contribution in [0.5, 0.6) is 5.88 Å². The molecule has 0 fully saturated rings. The number of H-pyrrole nitrogens is 2. The fourth-order valence-electron chi connectivity index (χ4n) is 3.34. The van der Waals surface area contributed by atoms with E-state index in [0.29, 0.717) is 23.8 Å². The number of nitrogens with one attached hydrogen (secondary N) is 3. The van der Waals surface area contributed by atoms with Crippen molar-refractivity contribution in [2.75, 3.05) is 6.61 Å². The molecular formula is C22H21N5O3. The zero-order chi connectivity index (χ0) is 20.9. The van der Waals surface area contributed by atoms with Gasteiger partial charge in [0.2, 0.25) is 5.88 Å². The van der Waals surface area contributed by atoms with Crippen molar-refractivity contribution in [1.82, 2.24) is 25.3 Å². The van der Waals surface area contributed by atoms with Crippen LogP contribution in [0.4, 0.5) is 0 Å². The number of ether oxygens (including phenoxy) is 1. The van der Waals surface area contributed by atoms with Gasteiger partial charge in [-0.2, -0.15) is 0 Å². The highest BCUT2D eigenvalue weighted by molar-refractivity contribution is 5.83. The highest BCUT2D eigenvalue weighted by atomic mass is 16.5. The summed E-state index contributed by atoms with van der Waals surface area (Å²) in [5.41, 5.74) is 2.25. The largest absolute Gasteiger partial charge is 0.468 e. The minimum Gasteiger partial charge on any atom is -0.468 e. The van der Waals surface area contributed by atoms with Crippen molar-refractivity contribution in [2.45, 2.75) is 19.4 Å². The lowest BCUT2D eigenvalue weighted by molar-refractivity contribution is -0.124. The Balaban J connectivity index is 1.57. The first-order valence-corrected chi connectivity index (χ1v) is 9.54. The second-order valence-corrected chi connectivity index (χ2v) is 6.90. The molecule has 0 bridgehead atoms. The number of aromatic amines is 2. The number of hydrogen-bond donors (Lipinski definition) is 3. The number of benzene rings is 1. The molecule has 3 aromatic heterocycles. The molecule has 0 saturated carbocycles. The highest BCUT2D eigenvalue weighted by Gasteiger charge is 2.20. The molecule has 0 aliphatic rings. The Bertz CT molecular complexity index is 1220. The van der Waals surface area contributed by atoms with Crippen LogP contribution in [0, 0.1) is 6.92 Å². The van der Waals surface area contributed by atoms with Crippen molar-refractivity contribution >= 4 is 16.8 Å². The van der Waals surface area contributed by atoms with Crippen molar-refractivity contribution in [3.05, 3.63) is 88.4 Å². The van der Waals surface area contributed by atoms with Gasteiger partial charge in [-0.05, 0) is 24.6 Å². The first-order valence-electron chi connectivity index (χ1n) is 9.54. The van der Waals surface area contributed by atoms with Gasteiger partial charge in [0.1, 0.15) is 5.82 Å². The summed E-state index contributed by atoms with van der Waals surface area (Å²) in [5.74, 6) is 0.525. The van der Waals surface area contributed by atoms with E-state index in [-0.39, 0.29) is 18.1 Å². The molecule has 1 atom stereocenters. The van der Waals surface area contributed by atoms with Crippen LogP contribution in [0.1, 0.15) is 23.1 Å². The van der Waals surface area contributed by atoms with Gasteiger partial charge in [0.05, 0.1) is 11.7 Å². The molecule has 30 heavy (non-hydrogen) atoms. The fraction of sp³-hybridized carbons (Fsp3) is 0.182. The second kappa shape index (κ2) is 8.60. The Kier molecular flexibility index (Phi) is 5.56. The number of rotatable bonds is 7. The van der Waals surface area contributed by atoms with Gasteiger partial charge in [-0.25, -0.2) is 9.97 Å². The molecule has 3 heterocycles. The van der Waals surface area contributed by atoms with Gasteiger partial charge in [-0.15, -0.1) is 0 Å². The molecule has 152 valence electrons. The third-order valence-electron chi connectivity index (χ3n) is 4.66. The van der Waals surface area contributed by atoms with Crippen LogP contribution in [0.2, 0.25) is 0 Å². The van der Waals surface area contributed by atoms with Crippen LogP contribution >= 0.6 is 0 Å². The number of nitrogens with zero attached hydrogens (tertiary/aromatic N) is 2. The predicted octanol–water partition coefficient (Wildman–Crippen LogP) is 2.43. The molecule has 4 rings (SSSR count). The molecule has 4 aromatic rings. The molecule has 1 amide bonds. The molecule has 0 saturated heterocycles. The van der Waals surface area contributed by atoms with Crippen molar-refractivity contribution in [1.29, 1.82) is 0 Å². The summed E-state index contributed by atoms with van der Waals surface area (Å²) in [6, 6.07) is 14.1. The van der Waals surface area contributed by atoms with E-state index in [0.717, 1.165) is 16.5 Å². The average molecular weight is 403 g/mol. The second-order valence-electron chi connectivity index (χ2n) is 6.90. The number of hydrogen-bond acceptors (Lipinski definition) is 5. The molecule has 0 unspecified atom stereocenters. The van der Waals surface area contributed by atoms with E-state index in [1.807, 2.05) is 30.5 Å². The van der Waals surface area contributed by atoms with Gasteiger partial charge in [0.25, 0.3) is 11.5 Å². The monoisotopic (exact) mass is 403 g/mol. The minimum atomic E-state index is -0.495. The maximum atomic E-state index is 12.6. The van der Waals surface area contributed by atoms with E-state index in [4.69, 9.17) is 4.74 Å². The van der Waals surface area contributed by atoms with Crippen molar-refractivity contribution in [2.24, 2.45) is 0 Å². The average Bonchev–Trinajstić information content (AvgIpc) is 3.15. The summed E-state index contributed by atoms with van der Waals surface area (Å²) in [6.45, 7) is 1.52. The first-order chi connectivity index (χ1) is 14.6. The Morgan fingerprint density at radius 1 is 1.20 bits per heavy atom. The zero-order valence-electron chi connectivity index (χ0n) is 16.4. The molecule has 8 heteroatoms. The fourth-order valence-corrected chi connectivity index (χ4v) is 3.34. The molecule has 0 spiro atoms. The van der Waals surface area contributed by atoms with Gasteiger partial charge in [-0.3, -0.25) is 9.59 Å². The van der Waals surface area contributed by atoms with Gasteiger partial charge < -0.3 is 20.0 Å². The minimum absolute atomic E-state index is 0.191. The first kappa shape index (κ1) is 19.4. The van der Waals surface area contributed by atoms with Crippen LogP contribution in [-0.4, -0.2) is 32.4 Å². The van der Waals surface area contributed by atoms with Gasteiger partial charge in [-0.1, -0.05) is 24.3 Å². The molecule has 3 N–H and O–H groups in total. The van der Waals surface area contributed by atoms with Gasteiger partial charge in [0, 0.05) is 41.9 Å². The molecule has 0 aliphatic carbocycles. The Morgan fingerprint density at radius 3 is 2.83 bits per heavy atom. The maximum absolute atomic E-state index is 12.6. The Morgan fingerprint density at radius 2 is 2.03 bits per heavy atom. The topological polar surface area (TPSA) is 113 Å². The lowest BCUT2D eigenvalue weighted by atomic mass is 10.0. The number of carbonyl (C=O) groups excluding carboxylic acids is 1. The van der Waals surface area contributed by atoms with Crippen molar-refractivity contribution in [3.63, 3.8) is 0 Å². The van der Waals surface area contributed by atoms with Crippen LogP contribution in [0.25, 0.3) is 10.9 Å². The van der Waals surface area contributed by atoms with E-state index in [9.17, 15) is 9.59 Å².